The molecule has 2 aliphatic heterocycles. The maximum Gasteiger partial charge on any atom is 0.308 e. The van der Waals surface area contributed by atoms with Crippen molar-refractivity contribution in [3.63, 3.8) is 0 Å². The fourth-order valence-corrected chi connectivity index (χ4v) is 6.21. The maximum atomic E-state index is 15.4. The van der Waals surface area contributed by atoms with Gasteiger partial charge in [0.1, 0.15) is 5.82 Å². The number of carboxylic acids is 1. The summed E-state index contributed by atoms with van der Waals surface area (Å²) in [5, 5.41) is 14.0. The lowest BCUT2D eigenvalue weighted by molar-refractivity contribution is -0.140. The summed E-state index contributed by atoms with van der Waals surface area (Å²) in [7, 11) is 0. The summed E-state index contributed by atoms with van der Waals surface area (Å²) in [6.45, 7) is 3.66. The second-order valence-electron chi connectivity index (χ2n) is 11.2. The minimum absolute atomic E-state index is 0.0273. The van der Waals surface area contributed by atoms with Gasteiger partial charge in [-0.3, -0.25) is 9.59 Å². The normalized spacial score (nSPS) is 20.6. The maximum absolute atomic E-state index is 15.4. The van der Waals surface area contributed by atoms with E-state index in [-0.39, 0.29) is 23.3 Å². The van der Waals surface area contributed by atoms with Gasteiger partial charge in [0, 0.05) is 42.5 Å². The molecule has 2 aromatic carbocycles. The average molecular weight is 540 g/mol. The molecule has 8 nitrogen and oxygen atoms in total. The van der Waals surface area contributed by atoms with E-state index in [9.17, 15) is 14.7 Å². The van der Waals surface area contributed by atoms with E-state index < -0.39 is 17.7 Å². The molecule has 1 unspecified atom stereocenters. The second-order valence-corrected chi connectivity index (χ2v) is 11.2. The highest BCUT2D eigenvalue weighted by atomic mass is 19.1. The minimum atomic E-state index is -0.822. The van der Waals surface area contributed by atoms with Crippen molar-refractivity contribution in [1.82, 2.24) is 19.5 Å². The number of pyridine rings is 1. The van der Waals surface area contributed by atoms with Gasteiger partial charge in [0.05, 0.1) is 17.5 Å². The lowest BCUT2D eigenvalue weighted by Gasteiger charge is -2.35. The van der Waals surface area contributed by atoms with E-state index in [1.807, 2.05) is 28.0 Å². The number of amides is 1. The molecule has 2 fully saturated rings. The summed E-state index contributed by atoms with van der Waals surface area (Å²) in [4.78, 5) is 33.6. The van der Waals surface area contributed by atoms with Crippen LogP contribution in [-0.2, 0) is 11.2 Å². The molecule has 4 heterocycles. The zero-order valence-corrected chi connectivity index (χ0v) is 22.3. The monoisotopic (exact) mass is 539 g/mol. The van der Waals surface area contributed by atoms with Crippen molar-refractivity contribution < 1.29 is 19.1 Å². The Kier molecular flexibility index (Phi) is 5.83. The van der Waals surface area contributed by atoms with Crippen molar-refractivity contribution in [1.29, 1.82) is 0 Å². The number of fused-ring (bicyclic) bond motifs is 2. The van der Waals surface area contributed by atoms with Crippen LogP contribution in [0, 0.1) is 11.7 Å². The summed E-state index contributed by atoms with van der Waals surface area (Å²) < 4.78 is 17.1. The number of hydrogen-bond donors (Lipinski definition) is 1. The summed E-state index contributed by atoms with van der Waals surface area (Å²) >= 11 is 0. The molecule has 3 aliphatic rings. The summed E-state index contributed by atoms with van der Waals surface area (Å²) in [5.74, 6) is -1.19. The Morgan fingerprint density at radius 3 is 2.60 bits per heavy atom. The number of nitrogens with zero attached hydrogens (tertiary/aromatic N) is 5. The molecule has 0 radical (unpaired) electrons. The zero-order chi connectivity index (χ0) is 27.5. The number of rotatable bonds is 5. The number of carboxylic acid groups (broad SMARTS) is 1. The predicted octanol–water partition coefficient (Wildman–Crippen LogP) is 5.08. The van der Waals surface area contributed by atoms with Crippen LogP contribution >= 0.6 is 0 Å². The molecule has 40 heavy (non-hydrogen) atoms. The first kappa shape index (κ1) is 24.7. The SMILES string of the molecule is C[C@@H]1c2ccccc2CCN1C(=O)c1cc(C2CC2)n2nc(-c3ccc(N4CCC(C(=O)O)C4)cc3F)nc2c1. The van der Waals surface area contributed by atoms with Gasteiger partial charge in [-0.2, -0.15) is 0 Å². The third kappa shape index (κ3) is 4.20. The topological polar surface area (TPSA) is 91.0 Å². The standard InChI is InChI=1S/C31H30FN5O3/c1-18-24-5-3-2-4-19(24)11-13-36(18)30(38)22-14-27(20-6-7-20)37-28(15-22)33-29(34-37)25-9-8-23(16-26(25)32)35-12-10-21(17-35)31(39)40/h2-5,8-9,14-16,18,20-21H,6-7,10-13,17H2,1H3,(H,39,40)/t18-,21?/m1/s1. The molecule has 1 saturated carbocycles. The Bertz CT molecular complexity index is 1660. The molecule has 2 aromatic heterocycles. The van der Waals surface area contributed by atoms with Crippen LogP contribution in [0.5, 0.6) is 0 Å². The molecule has 1 amide bonds. The highest BCUT2D eigenvalue weighted by Crippen LogP contribution is 2.41. The molecule has 1 N–H and O–H groups in total. The lowest BCUT2D eigenvalue weighted by Crippen LogP contribution is -2.38. The summed E-state index contributed by atoms with van der Waals surface area (Å²) in [6.07, 6.45) is 3.40. The molecule has 4 aromatic rings. The first-order chi connectivity index (χ1) is 19.4. The Hall–Kier alpha value is -4.27. The second kappa shape index (κ2) is 9.43. The number of aliphatic carboxylic acids is 1. The molecule has 204 valence electrons. The van der Waals surface area contributed by atoms with Gasteiger partial charge in [-0.15, -0.1) is 5.10 Å². The van der Waals surface area contributed by atoms with Crippen molar-refractivity contribution in [2.24, 2.45) is 5.92 Å². The van der Waals surface area contributed by atoms with Crippen LogP contribution in [0.25, 0.3) is 17.0 Å². The number of aromatic nitrogens is 3. The number of hydrogen-bond acceptors (Lipinski definition) is 5. The molecule has 2 atom stereocenters. The molecule has 7 rings (SSSR count). The van der Waals surface area contributed by atoms with E-state index >= 15 is 4.39 Å². The first-order valence-corrected chi connectivity index (χ1v) is 13.9. The fourth-order valence-electron chi connectivity index (χ4n) is 6.21. The van der Waals surface area contributed by atoms with E-state index in [2.05, 4.69) is 29.1 Å². The lowest BCUT2D eigenvalue weighted by atomic mass is 9.93. The molecule has 0 spiro atoms. The largest absolute Gasteiger partial charge is 0.481 e. The molecule has 1 aliphatic carbocycles. The van der Waals surface area contributed by atoms with Gasteiger partial charge in [-0.25, -0.2) is 13.9 Å². The fraction of sp³-hybridized carbons (Fsp3) is 0.355. The van der Waals surface area contributed by atoms with Gasteiger partial charge in [0.25, 0.3) is 5.91 Å². The van der Waals surface area contributed by atoms with Crippen molar-refractivity contribution in [3.05, 3.63) is 82.8 Å². The Morgan fingerprint density at radius 2 is 1.85 bits per heavy atom. The van der Waals surface area contributed by atoms with E-state index in [1.54, 1.807) is 22.7 Å². The van der Waals surface area contributed by atoms with Crippen molar-refractivity contribution in [2.45, 2.75) is 44.6 Å². The number of benzene rings is 2. The van der Waals surface area contributed by atoms with Gasteiger partial charge in [0.2, 0.25) is 0 Å². The number of anilines is 1. The highest BCUT2D eigenvalue weighted by molar-refractivity contribution is 5.96. The van der Waals surface area contributed by atoms with E-state index in [0.717, 1.165) is 25.0 Å². The number of carbonyl (C=O) groups excluding carboxylic acids is 1. The number of carbonyl (C=O) groups is 2. The summed E-state index contributed by atoms with van der Waals surface area (Å²) in [6, 6.07) is 16.8. The van der Waals surface area contributed by atoms with Gasteiger partial charge < -0.3 is 14.9 Å². The van der Waals surface area contributed by atoms with E-state index in [1.165, 1.54) is 17.2 Å². The van der Waals surface area contributed by atoms with Crippen LogP contribution in [0.15, 0.2) is 54.6 Å². The Labute approximate surface area is 231 Å². The van der Waals surface area contributed by atoms with Crippen molar-refractivity contribution >= 4 is 23.2 Å². The quantitative estimate of drug-likeness (QED) is 0.380. The minimum Gasteiger partial charge on any atom is -0.481 e. The summed E-state index contributed by atoms with van der Waals surface area (Å²) in [5.41, 5.74) is 5.43. The van der Waals surface area contributed by atoms with Gasteiger partial charge in [-0.1, -0.05) is 24.3 Å². The van der Waals surface area contributed by atoms with Gasteiger partial charge in [0.15, 0.2) is 11.5 Å². The molecular weight excluding hydrogens is 509 g/mol. The average Bonchev–Trinajstić information content (AvgIpc) is 3.51. The van der Waals surface area contributed by atoms with Crippen molar-refractivity contribution in [3.8, 4) is 11.4 Å². The van der Waals surface area contributed by atoms with Gasteiger partial charge >= 0.3 is 5.97 Å². The van der Waals surface area contributed by atoms with Crippen molar-refractivity contribution in [2.75, 3.05) is 24.5 Å². The predicted molar refractivity (Wildman–Crippen MR) is 148 cm³/mol. The third-order valence-electron chi connectivity index (χ3n) is 8.66. The molecule has 0 bridgehead atoms. The van der Waals surface area contributed by atoms with Crippen LogP contribution < -0.4 is 4.90 Å². The van der Waals surface area contributed by atoms with Crippen LogP contribution in [0.1, 0.15) is 65.3 Å². The highest BCUT2D eigenvalue weighted by Gasteiger charge is 2.33. The first-order valence-electron chi connectivity index (χ1n) is 13.9. The van der Waals surface area contributed by atoms with Crippen LogP contribution in [0.3, 0.4) is 0 Å². The van der Waals surface area contributed by atoms with Crippen LogP contribution in [0.2, 0.25) is 0 Å². The Balaban J connectivity index is 1.21. The zero-order valence-electron chi connectivity index (χ0n) is 22.3. The third-order valence-corrected chi connectivity index (χ3v) is 8.66. The molecule has 9 heteroatoms. The Morgan fingerprint density at radius 1 is 1.02 bits per heavy atom. The molecular formula is C31H30FN5O3. The number of halogens is 1. The van der Waals surface area contributed by atoms with Gasteiger partial charge in [-0.05, 0) is 74.1 Å². The van der Waals surface area contributed by atoms with Crippen LogP contribution in [-0.4, -0.2) is 56.1 Å². The molecule has 1 saturated heterocycles. The van der Waals surface area contributed by atoms with E-state index in [4.69, 9.17) is 0 Å². The smallest absolute Gasteiger partial charge is 0.308 e. The van der Waals surface area contributed by atoms with E-state index in [0.29, 0.717) is 48.9 Å². The van der Waals surface area contributed by atoms with Crippen LogP contribution in [0.4, 0.5) is 10.1 Å².